The number of anilines is 1. The smallest absolute Gasteiger partial charge is 0.262 e. The van der Waals surface area contributed by atoms with Gasteiger partial charge in [-0.3, -0.25) is 19.4 Å². The zero-order valence-electron chi connectivity index (χ0n) is 9.23. The van der Waals surface area contributed by atoms with Gasteiger partial charge in [-0.1, -0.05) is 0 Å². The van der Waals surface area contributed by atoms with E-state index in [1.807, 2.05) is 0 Å². The first-order valence-electron chi connectivity index (χ1n) is 4.91. The molecule has 0 radical (unpaired) electrons. The second-order valence-electron chi connectivity index (χ2n) is 4.06. The first-order chi connectivity index (χ1) is 7.50. The standard InChI is InChI=1S/C11H13N3O2/c1-13(2)6-14-10(15)8-4-3-7(12)5-9(8)11(14)16/h3-5H,6,12H2,1-2H3. The van der Waals surface area contributed by atoms with Crippen LogP contribution in [0.2, 0.25) is 0 Å². The van der Waals surface area contributed by atoms with Crippen molar-refractivity contribution in [1.29, 1.82) is 0 Å². The summed E-state index contributed by atoms with van der Waals surface area (Å²) in [6.07, 6.45) is 0. The second kappa shape index (κ2) is 3.61. The molecule has 1 aliphatic rings. The molecule has 2 rings (SSSR count). The molecule has 1 aliphatic heterocycles. The van der Waals surface area contributed by atoms with Gasteiger partial charge in [0.1, 0.15) is 0 Å². The van der Waals surface area contributed by atoms with Crippen molar-refractivity contribution in [3.05, 3.63) is 29.3 Å². The average molecular weight is 219 g/mol. The molecule has 0 saturated heterocycles. The van der Waals surface area contributed by atoms with Gasteiger partial charge < -0.3 is 5.73 Å². The Balaban J connectivity index is 2.40. The van der Waals surface area contributed by atoms with Crippen LogP contribution in [0.3, 0.4) is 0 Å². The van der Waals surface area contributed by atoms with Crippen molar-refractivity contribution in [2.24, 2.45) is 0 Å². The number of hydrogen-bond donors (Lipinski definition) is 1. The monoisotopic (exact) mass is 219 g/mol. The molecule has 84 valence electrons. The third kappa shape index (κ3) is 1.55. The first-order valence-corrected chi connectivity index (χ1v) is 4.91. The van der Waals surface area contributed by atoms with Crippen molar-refractivity contribution < 1.29 is 9.59 Å². The summed E-state index contributed by atoms with van der Waals surface area (Å²) in [5, 5.41) is 0. The number of nitrogens with two attached hydrogens (primary N) is 1. The molecule has 0 atom stereocenters. The van der Waals surface area contributed by atoms with Crippen LogP contribution in [0.25, 0.3) is 0 Å². The lowest BCUT2D eigenvalue weighted by Crippen LogP contribution is -2.37. The van der Waals surface area contributed by atoms with Crippen molar-refractivity contribution in [3.8, 4) is 0 Å². The Bertz CT molecular complexity index is 468. The van der Waals surface area contributed by atoms with E-state index in [4.69, 9.17) is 5.73 Å². The molecular formula is C11H13N3O2. The number of carbonyl (C=O) groups is 2. The third-order valence-corrected chi connectivity index (χ3v) is 2.42. The van der Waals surface area contributed by atoms with E-state index in [2.05, 4.69) is 0 Å². The summed E-state index contributed by atoms with van der Waals surface area (Å²) < 4.78 is 0. The lowest BCUT2D eigenvalue weighted by molar-refractivity contribution is 0.0584. The van der Waals surface area contributed by atoms with E-state index in [0.29, 0.717) is 16.8 Å². The Morgan fingerprint density at radius 2 is 1.81 bits per heavy atom. The molecular weight excluding hydrogens is 206 g/mol. The number of nitrogens with zero attached hydrogens (tertiary/aromatic N) is 2. The van der Waals surface area contributed by atoms with Gasteiger partial charge in [0.15, 0.2) is 0 Å². The van der Waals surface area contributed by atoms with E-state index < -0.39 is 0 Å². The number of hydrogen-bond acceptors (Lipinski definition) is 4. The fraction of sp³-hybridized carbons (Fsp3) is 0.273. The van der Waals surface area contributed by atoms with E-state index in [1.54, 1.807) is 37.2 Å². The molecule has 16 heavy (non-hydrogen) atoms. The van der Waals surface area contributed by atoms with E-state index in [9.17, 15) is 9.59 Å². The van der Waals surface area contributed by atoms with Crippen LogP contribution in [0.1, 0.15) is 20.7 Å². The number of amides is 2. The minimum atomic E-state index is -0.277. The molecule has 5 heteroatoms. The minimum absolute atomic E-state index is 0.256. The van der Waals surface area contributed by atoms with Crippen LogP contribution < -0.4 is 5.73 Å². The summed E-state index contributed by atoms with van der Waals surface area (Å²) in [6, 6.07) is 4.77. The zero-order valence-corrected chi connectivity index (χ0v) is 9.23. The number of benzene rings is 1. The molecule has 1 aromatic carbocycles. The van der Waals surface area contributed by atoms with Crippen LogP contribution in [0.5, 0.6) is 0 Å². The molecule has 0 saturated carbocycles. The summed E-state index contributed by atoms with van der Waals surface area (Å²) in [7, 11) is 3.61. The Kier molecular flexibility index (Phi) is 2.40. The Morgan fingerprint density at radius 1 is 1.19 bits per heavy atom. The van der Waals surface area contributed by atoms with Gasteiger partial charge in [0.25, 0.3) is 11.8 Å². The molecule has 5 nitrogen and oxygen atoms in total. The second-order valence-corrected chi connectivity index (χ2v) is 4.06. The molecule has 2 amide bonds. The highest BCUT2D eigenvalue weighted by Gasteiger charge is 2.35. The van der Waals surface area contributed by atoms with E-state index in [-0.39, 0.29) is 18.5 Å². The van der Waals surface area contributed by atoms with Gasteiger partial charge in [0.05, 0.1) is 17.8 Å². The fourth-order valence-electron chi connectivity index (χ4n) is 1.72. The maximum atomic E-state index is 11.9. The largest absolute Gasteiger partial charge is 0.399 e. The van der Waals surface area contributed by atoms with Crippen molar-refractivity contribution in [2.45, 2.75) is 0 Å². The molecule has 0 spiro atoms. The van der Waals surface area contributed by atoms with Gasteiger partial charge in [-0.25, -0.2) is 0 Å². The van der Waals surface area contributed by atoms with Crippen molar-refractivity contribution in [3.63, 3.8) is 0 Å². The summed E-state index contributed by atoms with van der Waals surface area (Å²) in [5.41, 5.74) is 6.91. The average Bonchev–Trinajstić information content (AvgIpc) is 2.43. The van der Waals surface area contributed by atoms with Crippen LogP contribution in [0.15, 0.2) is 18.2 Å². The first kappa shape index (κ1) is 10.6. The maximum absolute atomic E-state index is 11.9. The Hall–Kier alpha value is -1.88. The SMILES string of the molecule is CN(C)CN1C(=O)c2ccc(N)cc2C1=O. The highest BCUT2D eigenvalue weighted by molar-refractivity contribution is 6.21. The Morgan fingerprint density at radius 3 is 2.44 bits per heavy atom. The van der Waals surface area contributed by atoms with Gasteiger partial charge in [-0.15, -0.1) is 0 Å². The number of carbonyl (C=O) groups excluding carboxylic acids is 2. The lowest BCUT2D eigenvalue weighted by Gasteiger charge is -2.18. The predicted octanol–water partition coefficient (Wildman–Crippen LogP) is 0.384. The maximum Gasteiger partial charge on any atom is 0.262 e. The van der Waals surface area contributed by atoms with Gasteiger partial charge >= 0.3 is 0 Å². The zero-order chi connectivity index (χ0) is 11.9. The van der Waals surface area contributed by atoms with Crippen molar-refractivity contribution in [1.82, 2.24) is 9.80 Å². The fourth-order valence-corrected chi connectivity index (χ4v) is 1.72. The molecule has 0 bridgehead atoms. The van der Waals surface area contributed by atoms with E-state index >= 15 is 0 Å². The van der Waals surface area contributed by atoms with E-state index in [0.717, 1.165) is 0 Å². The molecule has 0 aliphatic carbocycles. The minimum Gasteiger partial charge on any atom is -0.399 e. The van der Waals surface area contributed by atoms with Gasteiger partial charge in [0.2, 0.25) is 0 Å². The lowest BCUT2D eigenvalue weighted by atomic mass is 10.1. The third-order valence-electron chi connectivity index (χ3n) is 2.42. The van der Waals surface area contributed by atoms with Crippen LogP contribution in [0, 0.1) is 0 Å². The summed E-state index contributed by atoms with van der Waals surface area (Å²) >= 11 is 0. The molecule has 1 heterocycles. The molecule has 0 unspecified atom stereocenters. The Labute approximate surface area is 93.4 Å². The van der Waals surface area contributed by atoms with Crippen LogP contribution in [-0.2, 0) is 0 Å². The van der Waals surface area contributed by atoms with Gasteiger partial charge in [-0.05, 0) is 32.3 Å². The van der Waals surface area contributed by atoms with E-state index in [1.165, 1.54) is 4.90 Å². The number of rotatable bonds is 2. The highest BCUT2D eigenvalue weighted by Crippen LogP contribution is 2.24. The van der Waals surface area contributed by atoms with Crippen LogP contribution in [0.4, 0.5) is 5.69 Å². The summed E-state index contributed by atoms with van der Waals surface area (Å²) in [4.78, 5) is 26.8. The van der Waals surface area contributed by atoms with Crippen molar-refractivity contribution in [2.75, 3.05) is 26.5 Å². The quantitative estimate of drug-likeness (QED) is 0.577. The number of fused-ring (bicyclic) bond motifs is 1. The number of nitrogen functional groups attached to an aromatic ring is 1. The summed E-state index contributed by atoms with van der Waals surface area (Å²) in [6.45, 7) is 0.284. The molecule has 1 aromatic rings. The van der Waals surface area contributed by atoms with Crippen LogP contribution in [-0.4, -0.2) is 42.4 Å². The van der Waals surface area contributed by atoms with Gasteiger partial charge in [-0.2, -0.15) is 0 Å². The molecule has 2 N–H and O–H groups in total. The van der Waals surface area contributed by atoms with Crippen LogP contribution >= 0.6 is 0 Å². The van der Waals surface area contributed by atoms with Crippen molar-refractivity contribution >= 4 is 17.5 Å². The highest BCUT2D eigenvalue weighted by atomic mass is 16.2. The predicted molar refractivity (Wildman–Crippen MR) is 59.9 cm³/mol. The van der Waals surface area contributed by atoms with Gasteiger partial charge in [0, 0.05) is 5.69 Å². The number of imide groups is 1. The normalized spacial score (nSPS) is 14.8. The summed E-state index contributed by atoms with van der Waals surface area (Å²) in [5.74, 6) is -0.533. The topological polar surface area (TPSA) is 66.6 Å². The molecule has 0 fully saturated rings. The molecule has 0 aromatic heterocycles.